The van der Waals surface area contributed by atoms with Crippen LogP contribution in [0.15, 0.2) is 53.6 Å². The number of nitrogens with zero attached hydrogens (tertiary/aromatic N) is 2. The molecule has 1 saturated heterocycles. The maximum atomic E-state index is 12.5. The molecule has 1 aliphatic rings. The van der Waals surface area contributed by atoms with Crippen LogP contribution < -0.4 is 10.2 Å². The van der Waals surface area contributed by atoms with Gasteiger partial charge in [-0.05, 0) is 48.7 Å². The molecule has 0 radical (unpaired) electrons. The van der Waals surface area contributed by atoms with E-state index in [1.807, 2.05) is 18.2 Å². The number of hydrogen-bond acceptors (Lipinski definition) is 5. The fraction of sp³-hybridized carbons (Fsp3) is 0.286. The van der Waals surface area contributed by atoms with E-state index in [9.17, 15) is 14.7 Å². The molecule has 2 aromatic rings. The molecule has 28 heavy (non-hydrogen) atoms. The lowest BCUT2D eigenvalue weighted by atomic mass is 9.95. The summed E-state index contributed by atoms with van der Waals surface area (Å²) in [6.07, 6.45) is 2.70. The minimum absolute atomic E-state index is 0.00115. The molecule has 2 amide bonds. The number of nitrogens with one attached hydrogen (secondary N) is 1. The number of hydrogen-bond donors (Lipinski definition) is 2. The van der Waals surface area contributed by atoms with Crippen molar-refractivity contribution in [3.05, 3.63) is 59.7 Å². The van der Waals surface area contributed by atoms with Crippen molar-refractivity contribution >= 4 is 18.0 Å². The van der Waals surface area contributed by atoms with Gasteiger partial charge < -0.3 is 14.7 Å². The lowest BCUT2D eigenvalue weighted by Gasteiger charge is -2.31. The highest BCUT2D eigenvalue weighted by molar-refractivity contribution is 5.94. The SMILES string of the molecule is COc1cc(/C=N\NC(=O)C2CCN(C(=O)c3ccccc3)CC2)ccc1O. The molecule has 0 saturated carbocycles. The Bertz CT molecular complexity index is 859. The number of phenolic OH excluding ortho intramolecular Hbond substituents is 1. The fourth-order valence-electron chi connectivity index (χ4n) is 3.14. The maximum absolute atomic E-state index is 12.5. The van der Waals surface area contributed by atoms with Crippen LogP contribution in [0.4, 0.5) is 0 Å². The van der Waals surface area contributed by atoms with Gasteiger partial charge in [-0.15, -0.1) is 0 Å². The van der Waals surface area contributed by atoms with E-state index in [2.05, 4.69) is 10.5 Å². The van der Waals surface area contributed by atoms with Gasteiger partial charge in [0, 0.05) is 24.6 Å². The standard InChI is InChI=1S/C21H23N3O4/c1-28-19-13-15(7-8-18(19)25)14-22-23-20(26)16-9-11-24(12-10-16)21(27)17-5-3-2-4-6-17/h2-8,13-14,16,25H,9-12H2,1H3,(H,23,26)/b22-14-. The van der Waals surface area contributed by atoms with Crippen LogP contribution >= 0.6 is 0 Å². The third-order valence-corrected chi connectivity index (χ3v) is 4.77. The van der Waals surface area contributed by atoms with Crippen molar-refractivity contribution in [2.75, 3.05) is 20.2 Å². The highest BCUT2D eigenvalue weighted by Crippen LogP contribution is 2.25. The lowest BCUT2D eigenvalue weighted by Crippen LogP contribution is -2.42. The topological polar surface area (TPSA) is 91.2 Å². The van der Waals surface area contributed by atoms with Crippen molar-refractivity contribution in [1.29, 1.82) is 0 Å². The van der Waals surface area contributed by atoms with E-state index in [0.29, 0.717) is 42.8 Å². The highest BCUT2D eigenvalue weighted by atomic mass is 16.5. The van der Waals surface area contributed by atoms with Crippen LogP contribution in [0.5, 0.6) is 11.5 Å². The van der Waals surface area contributed by atoms with Crippen molar-refractivity contribution in [2.45, 2.75) is 12.8 Å². The van der Waals surface area contributed by atoms with E-state index in [1.165, 1.54) is 19.4 Å². The molecular formula is C21H23N3O4. The van der Waals surface area contributed by atoms with Crippen LogP contribution in [-0.2, 0) is 4.79 Å². The Morgan fingerprint density at radius 3 is 2.57 bits per heavy atom. The summed E-state index contributed by atoms with van der Waals surface area (Å²) >= 11 is 0. The molecule has 1 fully saturated rings. The van der Waals surface area contributed by atoms with Gasteiger partial charge >= 0.3 is 0 Å². The Morgan fingerprint density at radius 1 is 1.18 bits per heavy atom. The van der Waals surface area contributed by atoms with Gasteiger partial charge in [0.1, 0.15) is 0 Å². The highest BCUT2D eigenvalue weighted by Gasteiger charge is 2.27. The lowest BCUT2D eigenvalue weighted by molar-refractivity contribution is -0.126. The maximum Gasteiger partial charge on any atom is 0.253 e. The van der Waals surface area contributed by atoms with Gasteiger partial charge in [0.25, 0.3) is 5.91 Å². The van der Waals surface area contributed by atoms with E-state index >= 15 is 0 Å². The molecule has 146 valence electrons. The monoisotopic (exact) mass is 381 g/mol. The van der Waals surface area contributed by atoms with Crippen LogP contribution in [0.3, 0.4) is 0 Å². The molecule has 2 N–H and O–H groups in total. The second-order valence-corrected chi connectivity index (χ2v) is 6.60. The second-order valence-electron chi connectivity index (χ2n) is 6.60. The number of likely N-dealkylation sites (tertiary alicyclic amines) is 1. The molecule has 0 aliphatic carbocycles. The Balaban J connectivity index is 1.49. The number of hydrazone groups is 1. The molecule has 2 aromatic carbocycles. The van der Waals surface area contributed by atoms with E-state index < -0.39 is 0 Å². The molecule has 0 unspecified atom stereocenters. The fourth-order valence-corrected chi connectivity index (χ4v) is 3.14. The number of carbonyl (C=O) groups excluding carboxylic acids is 2. The van der Waals surface area contributed by atoms with E-state index in [1.54, 1.807) is 29.2 Å². The minimum atomic E-state index is -0.175. The minimum Gasteiger partial charge on any atom is -0.504 e. The summed E-state index contributed by atoms with van der Waals surface area (Å²) in [5.41, 5.74) is 3.91. The average molecular weight is 381 g/mol. The third kappa shape index (κ3) is 4.68. The van der Waals surface area contributed by atoms with E-state index in [0.717, 1.165) is 0 Å². The summed E-state index contributed by atoms with van der Waals surface area (Å²) in [6.45, 7) is 1.09. The first-order chi connectivity index (χ1) is 13.6. The summed E-state index contributed by atoms with van der Waals surface area (Å²) in [4.78, 5) is 26.6. The zero-order valence-electron chi connectivity index (χ0n) is 15.7. The molecule has 1 heterocycles. The quantitative estimate of drug-likeness (QED) is 0.615. The predicted molar refractivity (Wildman–Crippen MR) is 105 cm³/mol. The second kappa shape index (κ2) is 9.03. The Morgan fingerprint density at radius 2 is 1.89 bits per heavy atom. The molecule has 0 bridgehead atoms. The van der Waals surface area contributed by atoms with Crippen molar-refractivity contribution in [1.82, 2.24) is 10.3 Å². The summed E-state index contributed by atoms with van der Waals surface area (Å²) in [5, 5.41) is 13.6. The number of amides is 2. The van der Waals surface area contributed by atoms with Gasteiger partial charge in [-0.2, -0.15) is 5.10 Å². The summed E-state index contributed by atoms with van der Waals surface area (Å²) in [7, 11) is 1.46. The number of aromatic hydroxyl groups is 1. The average Bonchev–Trinajstić information content (AvgIpc) is 2.75. The molecule has 0 atom stereocenters. The Kier molecular flexibility index (Phi) is 6.26. The molecule has 0 spiro atoms. The smallest absolute Gasteiger partial charge is 0.253 e. The van der Waals surface area contributed by atoms with Gasteiger partial charge in [-0.3, -0.25) is 9.59 Å². The number of carbonyl (C=O) groups is 2. The van der Waals surface area contributed by atoms with Gasteiger partial charge in [-0.1, -0.05) is 18.2 Å². The summed E-state index contributed by atoms with van der Waals surface area (Å²) in [6, 6.07) is 14.0. The van der Waals surface area contributed by atoms with Crippen molar-refractivity contribution < 1.29 is 19.4 Å². The normalized spacial score (nSPS) is 14.8. The number of phenols is 1. The van der Waals surface area contributed by atoms with Crippen molar-refractivity contribution in [2.24, 2.45) is 11.0 Å². The van der Waals surface area contributed by atoms with Crippen LogP contribution in [0.2, 0.25) is 0 Å². The van der Waals surface area contributed by atoms with Gasteiger partial charge in [0.2, 0.25) is 5.91 Å². The van der Waals surface area contributed by atoms with Gasteiger partial charge in [0.05, 0.1) is 13.3 Å². The number of rotatable bonds is 5. The molecule has 1 aliphatic heterocycles. The van der Waals surface area contributed by atoms with Gasteiger partial charge in [-0.25, -0.2) is 5.43 Å². The molecule has 3 rings (SSSR count). The van der Waals surface area contributed by atoms with Crippen molar-refractivity contribution in [3.8, 4) is 11.5 Å². The molecule has 7 nitrogen and oxygen atoms in total. The largest absolute Gasteiger partial charge is 0.504 e. The first-order valence-electron chi connectivity index (χ1n) is 9.12. The summed E-state index contributed by atoms with van der Waals surface area (Å²) in [5.74, 6) is 0.0464. The number of ether oxygens (including phenoxy) is 1. The number of piperidine rings is 1. The summed E-state index contributed by atoms with van der Waals surface area (Å²) < 4.78 is 5.04. The molecular weight excluding hydrogens is 358 g/mol. The number of benzene rings is 2. The van der Waals surface area contributed by atoms with Crippen LogP contribution in [0, 0.1) is 5.92 Å². The van der Waals surface area contributed by atoms with Crippen LogP contribution in [0.1, 0.15) is 28.8 Å². The van der Waals surface area contributed by atoms with Gasteiger partial charge in [0.15, 0.2) is 11.5 Å². The van der Waals surface area contributed by atoms with E-state index in [4.69, 9.17) is 4.74 Å². The predicted octanol–water partition coefficient (Wildman–Crippen LogP) is 2.40. The van der Waals surface area contributed by atoms with Crippen LogP contribution in [-0.4, -0.2) is 48.2 Å². The first kappa shape index (κ1) is 19.4. The zero-order chi connectivity index (χ0) is 19.9. The molecule has 7 heteroatoms. The molecule has 0 aromatic heterocycles. The zero-order valence-corrected chi connectivity index (χ0v) is 15.7. The number of methoxy groups -OCH3 is 1. The van der Waals surface area contributed by atoms with Crippen LogP contribution in [0.25, 0.3) is 0 Å². The Hall–Kier alpha value is -3.35. The van der Waals surface area contributed by atoms with E-state index in [-0.39, 0.29) is 23.5 Å². The van der Waals surface area contributed by atoms with Crippen molar-refractivity contribution in [3.63, 3.8) is 0 Å². The first-order valence-corrected chi connectivity index (χ1v) is 9.12. The Labute approximate surface area is 163 Å². The third-order valence-electron chi connectivity index (χ3n) is 4.77.